The SMILES string of the molecule is NCCCN(CC=O)C(=O)O. The van der Waals surface area contributed by atoms with E-state index >= 15 is 0 Å². The van der Waals surface area contributed by atoms with Gasteiger partial charge in [0.1, 0.15) is 6.29 Å². The number of aldehydes is 1. The van der Waals surface area contributed by atoms with Crippen LogP contribution in [0.2, 0.25) is 0 Å². The minimum atomic E-state index is -1.08. The van der Waals surface area contributed by atoms with Crippen LogP contribution < -0.4 is 5.73 Å². The quantitative estimate of drug-likeness (QED) is 0.532. The van der Waals surface area contributed by atoms with Crippen LogP contribution in [-0.4, -0.2) is 42.0 Å². The number of rotatable bonds is 5. The largest absolute Gasteiger partial charge is 0.465 e. The molecule has 0 aliphatic rings. The molecule has 0 fully saturated rings. The van der Waals surface area contributed by atoms with E-state index in [1.807, 2.05) is 0 Å². The van der Waals surface area contributed by atoms with Crippen LogP contribution in [0.15, 0.2) is 0 Å². The minimum absolute atomic E-state index is 0.0741. The highest BCUT2D eigenvalue weighted by Crippen LogP contribution is 1.89. The van der Waals surface area contributed by atoms with Crippen molar-refractivity contribution in [3.63, 3.8) is 0 Å². The highest BCUT2D eigenvalue weighted by molar-refractivity contribution is 5.69. The normalized spacial score (nSPS) is 9.18. The number of nitrogens with two attached hydrogens (primary N) is 1. The first-order valence-electron chi connectivity index (χ1n) is 3.34. The number of nitrogens with zero attached hydrogens (tertiary/aromatic N) is 1. The maximum Gasteiger partial charge on any atom is 0.407 e. The second kappa shape index (κ2) is 5.67. The summed E-state index contributed by atoms with van der Waals surface area (Å²) in [5, 5.41) is 8.46. The van der Waals surface area contributed by atoms with Crippen molar-refractivity contribution in [2.24, 2.45) is 5.73 Å². The van der Waals surface area contributed by atoms with Gasteiger partial charge in [0.25, 0.3) is 0 Å². The Morgan fingerprint density at radius 2 is 2.27 bits per heavy atom. The van der Waals surface area contributed by atoms with E-state index in [-0.39, 0.29) is 6.54 Å². The minimum Gasteiger partial charge on any atom is -0.465 e. The van der Waals surface area contributed by atoms with Gasteiger partial charge in [-0.25, -0.2) is 4.79 Å². The molecular formula is C6H12N2O3. The van der Waals surface area contributed by atoms with Crippen molar-refractivity contribution in [1.82, 2.24) is 4.90 Å². The lowest BCUT2D eigenvalue weighted by molar-refractivity contribution is -0.108. The van der Waals surface area contributed by atoms with Crippen LogP contribution in [0.5, 0.6) is 0 Å². The predicted molar refractivity (Wildman–Crippen MR) is 39.3 cm³/mol. The van der Waals surface area contributed by atoms with Crippen LogP contribution in [-0.2, 0) is 4.79 Å². The Morgan fingerprint density at radius 1 is 1.64 bits per heavy atom. The third-order valence-corrected chi connectivity index (χ3v) is 1.20. The molecule has 0 bridgehead atoms. The first-order chi connectivity index (χ1) is 5.22. The summed E-state index contributed by atoms with van der Waals surface area (Å²) < 4.78 is 0. The van der Waals surface area contributed by atoms with Crippen molar-refractivity contribution in [3.8, 4) is 0 Å². The number of carbonyl (C=O) groups is 2. The fourth-order valence-electron chi connectivity index (χ4n) is 0.637. The summed E-state index contributed by atoms with van der Waals surface area (Å²) in [6, 6.07) is 0. The van der Waals surface area contributed by atoms with Crippen LogP contribution in [0.1, 0.15) is 6.42 Å². The zero-order chi connectivity index (χ0) is 8.69. The van der Waals surface area contributed by atoms with Gasteiger partial charge in [0.05, 0.1) is 6.54 Å². The average Bonchev–Trinajstić information content (AvgIpc) is 1.97. The number of carbonyl (C=O) groups excluding carboxylic acids is 1. The van der Waals surface area contributed by atoms with Crippen LogP contribution in [0.3, 0.4) is 0 Å². The molecule has 5 nitrogen and oxygen atoms in total. The van der Waals surface area contributed by atoms with Crippen molar-refractivity contribution < 1.29 is 14.7 Å². The molecule has 0 heterocycles. The summed E-state index contributed by atoms with van der Waals surface area (Å²) in [7, 11) is 0. The summed E-state index contributed by atoms with van der Waals surface area (Å²) in [4.78, 5) is 21.3. The fourth-order valence-corrected chi connectivity index (χ4v) is 0.637. The average molecular weight is 160 g/mol. The Balaban J connectivity index is 3.69. The molecule has 0 aromatic carbocycles. The molecule has 0 unspecified atom stereocenters. The summed E-state index contributed by atoms with van der Waals surface area (Å²) in [6.07, 6.45) is 0.0654. The Kier molecular flexibility index (Phi) is 5.10. The van der Waals surface area contributed by atoms with E-state index in [1.54, 1.807) is 0 Å². The van der Waals surface area contributed by atoms with Gasteiger partial charge in [-0.2, -0.15) is 0 Å². The van der Waals surface area contributed by atoms with E-state index < -0.39 is 6.09 Å². The zero-order valence-corrected chi connectivity index (χ0v) is 6.19. The van der Waals surface area contributed by atoms with Crippen molar-refractivity contribution in [2.75, 3.05) is 19.6 Å². The van der Waals surface area contributed by atoms with Crippen LogP contribution in [0.25, 0.3) is 0 Å². The van der Waals surface area contributed by atoms with E-state index in [1.165, 1.54) is 0 Å². The highest BCUT2D eigenvalue weighted by atomic mass is 16.4. The molecule has 11 heavy (non-hydrogen) atoms. The lowest BCUT2D eigenvalue weighted by Crippen LogP contribution is -2.33. The number of amides is 1. The van der Waals surface area contributed by atoms with Crippen LogP contribution >= 0.6 is 0 Å². The standard InChI is InChI=1S/C6H12N2O3/c7-2-1-3-8(4-5-9)6(10)11/h5H,1-4,7H2,(H,10,11). The Labute approximate surface area is 64.8 Å². The third kappa shape index (κ3) is 4.32. The van der Waals surface area contributed by atoms with Crippen molar-refractivity contribution in [2.45, 2.75) is 6.42 Å². The second-order valence-electron chi connectivity index (χ2n) is 2.04. The van der Waals surface area contributed by atoms with Gasteiger partial charge in [-0.15, -0.1) is 0 Å². The molecule has 64 valence electrons. The topological polar surface area (TPSA) is 83.6 Å². The monoisotopic (exact) mass is 160 g/mol. The third-order valence-electron chi connectivity index (χ3n) is 1.20. The highest BCUT2D eigenvalue weighted by Gasteiger charge is 2.08. The lowest BCUT2D eigenvalue weighted by atomic mass is 10.4. The molecule has 0 rings (SSSR count). The summed E-state index contributed by atoms with van der Waals surface area (Å²) >= 11 is 0. The number of hydrogen-bond donors (Lipinski definition) is 2. The first-order valence-corrected chi connectivity index (χ1v) is 3.34. The maximum absolute atomic E-state index is 10.3. The van der Waals surface area contributed by atoms with E-state index in [9.17, 15) is 9.59 Å². The van der Waals surface area contributed by atoms with Gasteiger partial charge in [0, 0.05) is 6.54 Å². The predicted octanol–water partition coefficient (Wildman–Crippen LogP) is -0.486. The molecule has 1 amide bonds. The van der Waals surface area contributed by atoms with Crippen LogP contribution in [0, 0.1) is 0 Å². The first kappa shape index (κ1) is 9.90. The Morgan fingerprint density at radius 3 is 2.64 bits per heavy atom. The van der Waals surface area contributed by atoms with Crippen molar-refractivity contribution >= 4 is 12.4 Å². The summed E-state index contributed by atoms with van der Waals surface area (Å²) in [5.74, 6) is 0. The molecule has 0 atom stereocenters. The molecule has 0 aromatic rings. The number of hydrogen-bond acceptors (Lipinski definition) is 3. The lowest BCUT2D eigenvalue weighted by Gasteiger charge is -2.14. The van der Waals surface area contributed by atoms with Gasteiger partial charge < -0.3 is 20.5 Å². The molecule has 3 N–H and O–H groups in total. The van der Waals surface area contributed by atoms with E-state index in [4.69, 9.17) is 10.8 Å². The number of carboxylic acid groups (broad SMARTS) is 1. The van der Waals surface area contributed by atoms with E-state index in [0.29, 0.717) is 25.8 Å². The Bertz CT molecular complexity index is 138. The summed E-state index contributed by atoms with van der Waals surface area (Å²) in [6.45, 7) is 0.683. The van der Waals surface area contributed by atoms with E-state index in [0.717, 1.165) is 4.90 Å². The van der Waals surface area contributed by atoms with Gasteiger partial charge in [-0.3, -0.25) is 0 Å². The molecule has 0 saturated carbocycles. The smallest absolute Gasteiger partial charge is 0.407 e. The summed E-state index contributed by atoms with van der Waals surface area (Å²) in [5.41, 5.74) is 5.17. The molecule has 0 spiro atoms. The molecule has 0 saturated heterocycles. The molecule has 0 aliphatic carbocycles. The molecule has 0 aromatic heterocycles. The molecule has 5 heteroatoms. The zero-order valence-electron chi connectivity index (χ0n) is 6.19. The van der Waals surface area contributed by atoms with Gasteiger partial charge in [0.2, 0.25) is 0 Å². The molecule has 0 aliphatic heterocycles. The van der Waals surface area contributed by atoms with Gasteiger partial charge in [-0.1, -0.05) is 0 Å². The van der Waals surface area contributed by atoms with Gasteiger partial charge in [-0.05, 0) is 13.0 Å². The van der Waals surface area contributed by atoms with Gasteiger partial charge in [0.15, 0.2) is 0 Å². The van der Waals surface area contributed by atoms with Crippen LogP contribution in [0.4, 0.5) is 4.79 Å². The Hall–Kier alpha value is -1.10. The van der Waals surface area contributed by atoms with Crippen molar-refractivity contribution in [1.29, 1.82) is 0 Å². The van der Waals surface area contributed by atoms with Crippen molar-refractivity contribution in [3.05, 3.63) is 0 Å². The fraction of sp³-hybridized carbons (Fsp3) is 0.667. The maximum atomic E-state index is 10.3. The van der Waals surface area contributed by atoms with Gasteiger partial charge >= 0.3 is 6.09 Å². The second-order valence-corrected chi connectivity index (χ2v) is 2.04. The molecule has 0 radical (unpaired) electrons. The van der Waals surface area contributed by atoms with E-state index in [2.05, 4.69) is 0 Å². The molecular weight excluding hydrogens is 148 g/mol.